The number of methoxy groups -OCH3 is 1. The first-order chi connectivity index (χ1) is 9.19. The van der Waals surface area contributed by atoms with Gasteiger partial charge in [-0.15, -0.1) is 11.6 Å². The van der Waals surface area contributed by atoms with Gasteiger partial charge in [-0.2, -0.15) is 0 Å². The molecule has 2 rings (SSSR count). The van der Waals surface area contributed by atoms with E-state index in [9.17, 15) is 0 Å². The fourth-order valence-corrected chi connectivity index (χ4v) is 3.07. The molecule has 1 fully saturated rings. The number of ether oxygens (including phenoxy) is 1. The standard InChI is InChI=1S/C15H21Cl2NO/c1-19-15-7-6-14(17)8-12(15)10-18-9-11-2-4-13(16)5-3-11/h6-8,11,13,18H,2-5,9-10H2,1H3. The highest BCUT2D eigenvalue weighted by atomic mass is 35.5. The van der Waals surface area contributed by atoms with Gasteiger partial charge in [-0.3, -0.25) is 0 Å². The van der Waals surface area contributed by atoms with Crippen LogP contribution in [0.3, 0.4) is 0 Å². The SMILES string of the molecule is COc1ccc(Cl)cc1CNCC1CCC(Cl)CC1. The maximum absolute atomic E-state index is 6.12. The van der Waals surface area contributed by atoms with E-state index in [0.717, 1.165) is 48.2 Å². The van der Waals surface area contributed by atoms with Gasteiger partial charge in [0.25, 0.3) is 0 Å². The van der Waals surface area contributed by atoms with Gasteiger partial charge in [0.15, 0.2) is 0 Å². The zero-order chi connectivity index (χ0) is 13.7. The Morgan fingerprint density at radius 2 is 2.00 bits per heavy atom. The summed E-state index contributed by atoms with van der Waals surface area (Å²) in [5.41, 5.74) is 1.11. The van der Waals surface area contributed by atoms with Gasteiger partial charge >= 0.3 is 0 Å². The maximum Gasteiger partial charge on any atom is 0.123 e. The molecule has 0 atom stereocenters. The van der Waals surface area contributed by atoms with Crippen LogP contribution in [0.2, 0.25) is 5.02 Å². The summed E-state index contributed by atoms with van der Waals surface area (Å²) in [5, 5.41) is 4.65. The molecule has 1 aliphatic carbocycles. The van der Waals surface area contributed by atoms with Crippen LogP contribution in [0.1, 0.15) is 31.2 Å². The molecule has 0 spiro atoms. The molecule has 0 heterocycles. The maximum atomic E-state index is 6.12. The summed E-state index contributed by atoms with van der Waals surface area (Å²) in [4.78, 5) is 0. The summed E-state index contributed by atoms with van der Waals surface area (Å²) >= 11 is 12.1. The Hall–Kier alpha value is -0.440. The van der Waals surface area contributed by atoms with Gasteiger partial charge in [0.05, 0.1) is 7.11 Å². The Morgan fingerprint density at radius 1 is 1.26 bits per heavy atom. The Kier molecular flexibility index (Phi) is 5.80. The molecule has 0 bridgehead atoms. The lowest BCUT2D eigenvalue weighted by Gasteiger charge is -2.25. The van der Waals surface area contributed by atoms with Crippen LogP contribution >= 0.6 is 23.2 Å². The number of halogens is 2. The van der Waals surface area contributed by atoms with Crippen molar-refractivity contribution in [2.24, 2.45) is 5.92 Å². The van der Waals surface area contributed by atoms with E-state index in [1.807, 2.05) is 18.2 Å². The van der Waals surface area contributed by atoms with Gasteiger partial charge < -0.3 is 10.1 Å². The first kappa shape index (κ1) is 15.0. The van der Waals surface area contributed by atoms with Crippen molar-refractivity contribution in [3.05, 3.63) is 28.8 Å². The first-order valence-electron chi connectivity index (χ1n) is 6.86. The van der Waals surface area contributed by atoms with Gasteiger partial charge in [-0.05, 0) is 56.3 Å². The van der Waals surface area contributed by atoms with Crippen LogP contribution in [0.4, 0.5) is 0 Å². The monoisotopic (exact) mass is 301 g/mol. The van der Waals surface area contributed by atoms with Crippen molar-refractivity contribution in [1.82, 2.24) is 5.32 Å². The number of hydrogen-bond donors (Lipinski definition) is 1. The Labute approximate surface area is 125 Å². The van der Waals surface area contributed by atoms with Crippen LogP contribution in [-0.4, -0.2) is 19.0 Å². The highest BCUT2D eigenvalue weighted by molar-refractivity contribution is 6.30. The molecule has 1 aromatic carbocycles. The van der Waals surface area contributed by atoms with Crippen molar-refractivity contribution >= 4 is 23.2 Å². The molecule has 1 saturated carbocycles. The van der Waals surface area contributed by atoms with Gasteiger partial charge in [-0.25, -0.2) is 0 Å². The quantitative estimate of drug-likeness (QED) is 0.822. The second-order valence-electron chi connectivity index (χ2n) is 5.21. The molecule has 19 heavy (non-hydrogen) atoms. The average Bonchev–Trinajstić information content (AvgIpc) is 2.41. The third-order valence-corrected chi connectivity index (χ3v) is 4.44. The van der Waals surface area contributed by atoms with Gasteiger partial charge in [-0.1, -0.05) is 11.6 Å². The third kappa shape index (κ3) is 4.55. The van der Waals surface area contributed by atoms with E-state index in [1.165, 1.54) is 12.8 Å². The molecule has 2 nitrogen and oxygen atoms in total. The normalized spacial score (nSPS) is 23.3. The summed E-state index contributed by atoms with van der Waals surface area (Å²) < 4.78 is 5.34. The molecular formula is C15H21Cl2NO. The molecule has 106 valence electrons. The molecular weight excluding hydrogens is 281 g/mol. The van der Waals surface area contributed by atoms with Crippen molar-refractivity contribution in [3.63, 3.8) is 0 Å². The Morgan fingerprint density at radius 3 is 2.68 bits per heavy atom. The first-order valence-corrected chi connectivity index (χ1v) is 7.67. The number of benzene rings is 1. The summed E-state index contributed by atoms with van der Waals surface area (Å²) in [6.45, 7) is 1.84. The molecule has 1 aliphatic rings. The number of hydrogen-bond acceptors (Lipinski definition) is 2. The van der Waals surface area contributed by atoms with E-state index >= 15 is 0 Å². The van der Waals surface area contributed by atoms with Crippen molar-refractivity contribution in [2.75, 3.05) is 13.7 Å². The molecule has 1 N–H and O–H groups in total. The second-order valence-corrected chi connectivity index (χ2v) is 6.26. The Balaban J connectivity index is 1.80. The van der Waals surface area contributed by atoms with Gasteiger partial charge in [0.2, 0.25) is 0 Å². The fraction of sp³-hybridized carbons (Fsp3) is 0.600. The molecule has 0 aromatic heterocycles. The zero-order valence-electron chi connectivity index (χ0n) is 11.3. The average molecular weight is 302 g/mol. The molecule has 0 aliphatic heterocycles. The van der Waals surface area contributed by atoms with Crippen LogP contribution in [0.5, 0.6) is 5.75 Å². The van der Waals surface area contributed by atoms with E-state index in [1.54, 1.807) is 7.11 Å². The van der Waals surface area contributed by atoms with E-state index < -0.39 is 0 Å². The van der Waals surface area contributed by atoms with Crippen LogP contribution in [0, 0.1) is 5.92 Å². The molecule has 4 heteroatoms. The lowest BCUT2D eigenvalue weighted by atomic mass is 9.89. The molecule has 1 aromatic rings. The van der Waals surface area contributed by atoms with Crippen molar-refractivity contribution in [3.8, 4) is 5.75 Å². The molecule has 0 saturated heterocycles. The lowest BCUT2D eigenvalue weighted by molar-refractivity contribution is 0.344. The summed E-state index contributed by atoms with van der Waals surface area (Å²) in [5.74, 6) is 1.64. The van der Waals surface area contributed by atoms with Gasteiger partial charge in [0.1, 0.15) is 5.75 Å². The predicted octanol–water partition coefficient (Wildman–Crippen LogP) is 4.24. The summed E-state index contributed by atoms with van der Waals surface area (Å²) in [6.07, 6.45) is 4.75. The van der Waals surface area contributed by atoms with Gasteiger partial charge in [0, 0.05) is 22.5 Å². The summed E-state index contributed by atoms with van der Waals surface area (Å²) in [7, 11) is 1.69. The highest BCUT2D eigenvalue weighted by Gasteiger charge is 2.19. The second kappa shape index (κ2) is 7.37. The van der Waals surface area contributed by atoms with Crippen molar-refractivity contribution in [2.45, 2.75) is 37.6 Å². The number of alkyl halides is 1. The largest absolute Gasteiger partial charge is 0.496 e. The fourth-order valence-electron chi connectivity index (χ4n) is 2.62. The molecule has 0 unspecified atom stereocenters. The third-order valence-electron chi connectivity index (χ3n) is 3.77. The smallest absolute Gasteiger partial charge is 0.123 e. The number of rotatable bonds is 5. The zero-order valence-corrected chi connectivity index (χ0v) is 12.8. The minimum absolute atomic E-state index is 0.393. The minimum atomic E-state index is 0.393. The predicted molar refractivity (Wildman–Crippen MR) is 81.3 cm³/mol. The van der Waals surface area contributed by atoms with Crippen molar-refractivity contribution in [1.29, 1.82) is 0 Å². The van der Waals surface area contributed by atoms with Crippen LogP contribution < -0.4 is 10.1 Å². The van der Waals surface area contributed by atoms with Crippen LogP contribution in [0.25, 0.3) is 0 Å². The number of nitrogens with one attached hydrogen (secondary N) is 1. The van der Waals surface area contributed by atoms with E-state index in [2.05, 4.69) is 5.32 Å². The lowest BCUT2D eigenvalue weighted by Crippen LogP contribution is -2.26. The van der Waals surface area contributed by atoms with Crippen molar-refractivity contribution < 1.29 is 4.74 Å². The van der Waals surface area contributed by atoms with Crippen LogP contribution in [-0.2, 0) is 6.54 Å². The van der Waals surface area contributed by atoms with E-state index in [0.29, 0.717) is 5.38 Å². The topological polar surface area (TPSA) is 21.3 Å². The summed E-state index contributed by atoms with van der Waals surface area (Å²) in [6, 6.07) is 5.73. The molecule has 0 amide bonds. The minimum Gasteiger partial charge on any atom is -0.496 e. The highest BCUT2D eigenvalue weighted by Crippen LogP contribution is 2.27. The Bertz CT molecular complexity index is 403. The van der Waals surface area contributed by atoms with E-state index in [-0.39, 0.29) is 0 Å². The van der Waals surface area contributed by atoms with Crippen LogP contribution in [0.15, 0.2) is 18.2 Å². The van der Waals surface area contributed by atoms with E-state index in [4.69, 9.17) is 27.9 Å². The molecule has 0 radical (unpaired) electrons.